The van der Waals surface area contributed by atoms with Crippen molar-refractivity contribution in [2.45, 2.75) is 50.6 Å². The lowest BCUT2D eigenvalue weighted by molar-refractivity contribution is 0.0556. The molecule has 6 rings (SSSR count). The third kappa shape index (κ3) is 3.88. The third-order valence-electron chi connectivity index (χ3n) is 7.41. The molecule has 2 saturated heterocycles. The summed E-state index contributed by atoms with van der Waals surface area (Å²) in [5.74, 6) is 5.46. The van der Waals surface area contributed by atoms with Crippen LogP contribution in [0.2, 0.25) is 0 Å². The lowest BCUT2D eigenvalue weighted by Gasteiger charge is -2.38. The molecule has 3 atom stereocenters. The summed E-state index contributed by atoms with van der Waals surface area (Å²) in [6.45, 7) is 1.25. The zero-order chi connectivity index (χ0) is 26.4. The number of rotatable bonds is 4. The van der Waals surface area contributed by atoms with Crippen molar-refractivity contribution < 1.29 is 14.7 Å². The Bertz CT molecular complexity index is 1580. The minimum atomic E-state index is -0.239. The van der Waals surface area contributed by atoms with Gasteiger partial charge in [0, 0.05) is 35.3 Å². The number of hydrogen-bond donors (Lipinski definition) is 3. The number of aromatic amines is 1. The number of fused-ring (bicyclic) bond motifs is 3. The van der Waals surface area contributed by atoms with Crippen molar-refractivity contribution in [2.75, 3.05) is 12.3 Å². The van der Waals surface area contributed by atoms with Gasteiger partial charge in [-0.3, -0.25) is 9.59 Å². The normalized spacial score (nSPS) is 20.4. The highest BCUT2D eigenvalue weighted by Crippen LogP contribution is 2.45. The molecular formula is C26H25N9O3. The number of Topliss-reactive ketones (excluding diaryl/α,β-unsaturated/α-hetero) is 1. The average Bonchev–Trinajstić information content (AvgIpc) is 3.65. The van der Waals surface area contributed by atoms with Crippen LogP contribution in [0.15, 0.2) is 30.9 Å². The molecule has 12 nitrogen and oxygen atoms in total. The first kappa shape index (κ1) is 23.7. The van der Waals surface area contributed by atoms with Crippen LogP contribution in [-0.2, 0) is 0 Å². The molecule has 0 aromatic carbocycles. The fourth-order valence-corrected chi connectivity index (χ4v) is 5.81. The van der Waals surface area contributed by atoms with Gasteiger partial charge in [0.1, 0.15) is 24.4 Å². The van der Waals surface area contributed by atoms with Crippen molar-refractivity contribution in [1.29, 1.82) is 0 Å². The fourth-order valence-electron chi connectivity index (χ4n) is 5.81. The Labute approximate surface area is 217 Å². The second kappa shape index (κ2) is 9.35. The van der Waals surface area contributed by atoms with Gasteiger partial charge in [0.2, 0.25) is 5.82 Å². The Morgan fingerprint density at radius 1 is 1.21 bits per heavy atom. The van der Waals surface area contributed by atoms with Crippen LogP contribution >= 0.6 is 0 Å². The average molecular weight is 512 g/mol. The van der Waals surface area contributed by atoms with Crippen molar-refractivity contribution in [3.05, 3.63) is 53.6 Å². The van der Waals surface area contributed by atoms with E-state index in [2.05, 4.69) is 37.1 Å². The molecule has 0 radical (unpaired) electrons. The van der Waals surface area contributed by atoms with E-state index in [0.717, 1.165) is 24.0 Å². The van der Waals surface area contributed by atoms with Gasteiger partial charge in [-0.2, -0.15) is 9.61 Å². The standard InChI is InChI=1S/C26H25N9O3/c1-14(37)21-22(16-9-18-6-7-19(10-16)34(18)26(38)24-29-13-30-33-24)32-25-20(12-31-35(25)23(21)27)15-4-5-17(28-11-15)3-2-8-36/h4-5,11-13,16,18-19,36H,6-10,27H2,1H3,(H,29,30,33)/t16-,18-,19+. The number of hydrogen-bond acceptors (Lipinski definition) is 9. The minimum Gasteiger partial charge on any atom is -0.384 e. The number of aliphatic hydroxyl groups is 1. The van der Waals surface area contributed by atoms with E-state index in [1.807, 2.05) is 11.0 Å². The van der Waals surface area contributed by atoms with Gasteiger partial charge >= 0.3 is 0 Å². The van der Waals surface area contributed by atoms with Gasteiger partial charge in [-0.15, -0.1) is 10.2 Å². The van der Waals surface area contributed by atoms with E-state index in [0.29, 0.717) is 35.4 Å². The number of pyridine rings is 1. The smallest absolute Gasteiger partial charge is 0.292 e. The largest absolute Gasteiger partial charge is 0.384 e. The van der Waals surface area contributed by atoms with Gasteiger partial charge in [-0.25, -0.2) is 9.97 Å². The molecule has 2 fully saturated rings. The molecule has 4 aromatic rings. The monoisotopic (exact) mass is 511 g/mol. The van der Waals surface area contributed by atoms with E-state index >= 15 is 0 Å². The Kier molecular flexibility index (Phi) is 5.84. The molecule has 38 heavy (non-hydrogen) atoms. The van der Waals surface area contributed by atoms with Gasteiger partial charge in [-0.1, -0.05) is 5.92 Å². The predicted molar refractivity (Wildman–Crippen MR) is 136 cm³/mol. The molecule has 0 saturated carbocycles. The maximum atomic E-state index is 13.1. The van der Waals surface area contributed by atoms with Crippen LogP contribution in [0.5, 0.6) is 0 Å². The van der Waals surface area contributed by atoms with Gasteiger partial charge in [0.15, 0.2) is 11.4 Å². The molecule has 192 valence electrons. The highest BCUT2D eigenvalue weighted by molar-refractivity contribution is 6.00. The summed E-state index contributed by atoms with van der Waals surface area (Å²) in [5.41, 5.74) is 10.1. The fraction of sp³-hybridized carbons (Fsp3) is 0.346. The molecule has 0 unspecified atom stereocenters. The van der Waals surface area contributed by atoms with E-state index in [9.17, 15) is 9.59 Å². The first-order valence-electron chi connectivity index (χ1n) is 12.4. The second-order valence-electron chi connectivity index (χ2n) is 9.60. The number of carbonyl (C=O) groups is 2. The number of amides is 1. The van der Waals surface area contributed by atoms with Crippen LogP contribution in [0.3, 0.4) is 0 Å². The van der Waals surface area contributed by atoms with E-state index in [1.165, 1.54) is 17.8 Å². The zero-order valence-corrected chi connectivity index (χ0v) is 20.6. The summed E-state index contributed by atoms with van der Waals surface area (Å²) < 4.78 is 1.49. The molecular weight excluding hydrogens is 486 g/mol. The van der Waals surface area contributed by atoms with Crippen molar-refractivity contribution in [2.24, 2.45) is 0 Å². The van der Waals surface area contributed by atoms with Crippen molar-refractivity contribution in [3.63, 3.8) is 0 Å². The van der Waals surface area contributed by atoms with E-state index < -0.39 is 0 Å². The van der Waals surface area contributed by atoms with E-state index in [1.54, 1.807) is 18.5 Å². The van der Waals surface area contributed by atoms with Crippen LogP contribution in [0.25, 0.3) is 16.8 Å². The molecule has 4 N–H and O–H groups in total. The number of nitrogens with two attached hydrogens (primary N) is 1. The van der Waals surface area contributed by atoms with Crippen LogP contribution in [0.1, 0.15) is 70.9 Å². The number of ketones is 1. The first-order valence-corrected chi connectivity index (χ1v) is 12.4. The summed E-state index contributed by atoms with van der Waals surface area (Å²) in [6.07, 6.45) is 7.82. The maximum absolute atomic E-state index is 13.1. The summed E-state index contributed by atoms with van der Waals surface area (Å²) in [6, 6.07) is 3.64. The number of nitrogens with one attached hydrogen (secondary N) is 1. The highest BCUT2D eigenvalue weighted by Gasteiger charge is 2.45. The molecule has 2 aliphatic heterocycles. The number of carbonyl (C=O) groups excluding carboxylic acids is 2. The van der Waals surface area contributed by atoms with Crippen molar-refractivity contribution in [1.82, 2.24) is 39.7 Å². The van der Waals surface area contributed by atoms with Crippen LogP contribution < -0.4 is 5.73 Å². The molecule has 0 aliphatic carbocycles. The molecule has 2 aliphatic rings. The summed E-state index contributed by atoms with van der Waals surface area (Å²) in [7, 11) is 0. The van der Waals surface area contributed by atoms with Crippen LogP contribution in [0, 0.1) is 11.8 Å². The summed E-state index contributed by atoms with van der Waals surface area (Å²) >= 11 is 0. The van der Waals surface area contributed by atoms with Gasteiger partial charge in [0.25, 0.3) is 5.91 Å². The maximum Gasteiger partial charge on any atom is 0.292 e. The van der Waals surface area contributed by atoms with Gasteiger partial charge < -0.3 is 20.7 Å². The Hall–Kier alpha value is -4.63. The molecule has 2 bridgehead atoms. The van der Waals surface area contributed by atoms with Crippen LogP contribution in [-0.4, -0.2) is 75.2 Å². The first-order chi connectivity index (χ1) is 18.5. The highest BCUT2D eigenvalue weighted by atomic mass is 16.2. The predicted octanol–water partition coefficient (Wildman–Crippen LogP) is 1.59. The topological polar surface area (TPSA) is 168 Å². The number of aliphatic hydroxyl groups excluding tert-OH is 1. The van der Waals surface area contributed by atoms with Crippen LogP contribution in [0.4, 0.5) is 5.82 Å². The quantitative estimate of drug-likeness (QED) is 0.272. The lowest BCUT2D eigenvalue weighted by atomic mass is 9.85. The Morgan fingerprint density at radius 2 is 2.00 bits per heavy atom. The van der Waals surface area contributed by atoms with Gasteiger partial charge in [0.05, 0.1) is 17.5 Å². The second-order valence-corrected chi connectivity index (χ2v) is 9.60. The lowest BCUT2D eigenvalue weighted by Crippen LogP contribution is -2.46. The zero-order valence-electron chi connectivity index (χ0n) is 20.6. The van der Waals surface area contributed by atoms with Crippen molar-refractivity contribution in [3.8, 4) is 23.0 Å². The molecule has 0 spiro atoms. The Balaban J connectivity index is 1.38. The SMILES string of the molecule is CC(=O)c1c([C@@H]2C[C@H]3CC[C@@H](C2)N3C(=O)c2nnc[nH]2)nc2c(-c3ccc(C#CCO)nc3)cnn2c1N. The number of anilines is 1. The number of nitrogens with zero attached hydrogens (tertiary/aromatic N) is 7. The molecule has 4 aromatic heterocycles. The molecule has 6 heterocycles. The third-order valence-corrected chi connectivity index (χ3v) is 7.41. The van der Waals surface area contributed by atoms with E-state index in [4.69, 9.17) is 15.8 Å². The number of aromatic nitrogens is 7. The minimum absolute atomic E-state index is 0.0107. The van der Waals surface area contributed by atoms with E-state index in [-0.39, 0.29) is 47.9 Å². The van der Waals surface area contributed by atoms with Gasteiger partial charge in [-0.05, 0) is 50.7 Å². The Morgan fingerprint density at radius 3 is 2.63 bits per heavy atom. The molecule has 1 amide bonds. The number of nitrogen functional groups attached to an aromatic ring is 1. The number of H-pyrrole nitrogens is 1. The number of piperidine rings is 1. The summed E-state index contributed by atoms with van der Waals surface area (Å²) in [5, 5.41) is 21.0. The van der Waals surface area contributed by atoms with Crippen molar-refractivity contribution >= 4 is 23.2 Å². The summed E-state index contributed by atoms with van der Waals surface area (Å²) in [4.78, 5) is 39.9. The molecule has 12 heteroatoms.